The molecule has 6 nitrogen and oxygen atoms in total. The monoisotopic (exact) mass is 335 g/mol. The molecule has 2 fully saturated rings. The van der Waals surface area contributed by atoms with Gasteiger partial charge in [0.15, 0.2) is 0 Å². The Labute approximate surface area is 143 Å². The zero-order valence-corrected chi connectivity index (χ0v) is 14.7. The van der Waals surface area contributed by atoms with Gasteiger partial charge in [-0.15, -0.1) is 0 Å². The van der Waals surface area contributed by atoms with Gasteiger partial charge in [0.1, 0.15) is 6.10 Å². The first-order chi connectivity index (χ1) is 11.5. The van der Waals surface area contributed by atoms with Crippen molar-refractivity contribution in [2.24, 2.45) is 0 Å². The van der Waals surface area contributed by atoms with Crippen LogP contribution in [0.15, 0.2) is 12.3 Å². The highest BCUT2D eigenvalue weighted by Gasteiger charge is 2.36. The van der Waals surface area contributed by atoms with E-state index in [4.69, 9.17) is 4.74 Å². The van der Waals surface area contributed by atoms with Crippen molar-refractivity contribution < 1.29 is 14.6 Å². The predicted octanol–water partition coefficient (Wildman–Crippen LogP) is 2.50. The molecule has 1 amide bonds. The highest BCUT2D eigenvalue weighted by Crippen LogP contribution is 2.33. The summed E-state index contributed by atoms with van der Waals surface area (Å²) in [5, 5.41) is 18.0. The van der Waals surface area contributed by atoms with Crippen LogP contribution in [-0.4, -0.2) is 39.0 Å². The van der Waals surface area contributed by atoms with Gasteiger partial charge in [-0.2, -0.15) is 5.10 Å². The first-order valence-corrected chi connectivity index (χ1v) is 9.15. The van der Waals surface area contributed by atoms with E-state index in [9.17, 15) is 9.90 Å². The van der Waals surface area contributed by atoms with Gasteiger partial charge in [-0.25, -0.2) is 0 Å². The molecule has 1 saturated carbocycles. The molecule has 2 heterocycles. The third kappa shape index (κ3) is 3.81. The Kier molecular flexibility index (Phi) is 5.25. The third-order valence-electron chi connectivity index (χ3n) is 5.19. The Bertz CT molecular complexity index is 564. The number of hydrogen-bond donors (Lipinski definition) is 2. The number of hydrogen-bond acceptors (Lipinski definition) is 4. The second-order valence-electron chi connectivity index (χ2n) is 7.51. The molecule has 1 aromatic rings. The maximum atomic E-state index is 12.5. The van der Waals surface area contributed by atoms with E-state index in [2.05, 4.69) is 24.3 Å². The van der Waals surface area contributed by atoms with Crippen molar-refractivity contribution in [1.29, 1.82) is 0 Å². The standard InChI is InChI=1S/C18H29N3O3/c1-13(2)21-15(6-10-19-21)17-14(7-11-24-17)20-16(22)12-18(23)8-4-3-5-9-18/h6,10,13-14,17,23H,3-5,7-9,11-12H2,1-2H3,(H,20,22)/t14-,17-/m0/s1. The molecule has 6 heteroatoms. The second-order valence-corrected chi connectivity index (χ2v) is 7.51. The van der Waals surface area contributed by atoms with Crippen LogP contribution >= 0.6 is 0 Å². The number of nitrogens with one attached hydrogen (secondary N) is 1. The number of aliphatic hydroxyl groups is 1. The summed E-state index contributed by atoms with van der Waals surface area (Å²) in [6, 6.07) is 2.15. The zero-order chi connectivity index (χ0) is 17.2. The van der Waals surface area contributed by atoms with Gasteiger partial charge in [-0.05, 0) is 39.2 Å². The summed E-state index contributed by atoms with van der Waals surface area (Å²) in [7, 11) is 0. The van der Waals surface area contributed by atoms with Gasteiger partial charge in [-0.3, -0.25) is 9.48 Å². The van der Waals surface area contributed by atoms with E-state index in [-0.39, 0.29) is 30.5 Å². The molecule has 0 radical (unpaired) electrons. The van der Waals surface area contributed by atoms with Crippen LogP contribution in [0.25, 0.3) is 0 Å². The molecule has 2 aliphatic rings. The Hall–Kier alpha value is -1.40. The molecule has 134 valence electrons. The molecule has 0 aromatic carbocycles. The van der Waals surface area contributed by atoms with E-state index in [1.807, 2.05) is 10.7 Å². The molecule has 1 aliphatic carbocycles. The van der Waals surface area contributed by atoms with Gasteiger partial charge in [0.05, 0.1) is 23.8 Å². The lowest BCUT2D eigenvalue weighted by atomic mass is 9.82. The lowest BCUT2D eigenvalue weighted by molar-refractivity contribution is -0.128. The van der Waals surface area contributed by atoms with Crippen LogP contribution < -0.4 is 5.32 Å². The molecule has 2 N–H and O–H groups in total. The number of amides is 1. The van der Waals surface area contributed by atoms with Gasteiger partial charge >= 0.3 is 0 Å². The van der Waals surface area contributed by atoms with Crippen molar-refractivity contribution in [1.82, 2.24) is 15.1 Å². The van der Waals surface area contributed by atoms with Crippen LogP contribution in [0.2, 0.25) is 0 Å². The minimum Gasteiger partial charge on any atom is -0.389 e. The van der Waals surface area contributed by atoms with E-state index in [1.165, 1.54) is 0 Å². The molecule has 0 unspecified atom stereocenters. The number of nitrogens with zero attached hydrogens (tertiary/aromatic N) is 2. The quantitative estimate of drug-likeness (QED) is 0.867. The minimum absolute atomic E-state index is 0.0566. The minimum atomic E-state index is -0.822. The molecule has 2 atom stereocenters. The van der Waals surface area contributed by atoms with Gasteiger partial charge in [0.25, 0.3) is 0 Å². The van der Waals surface area contributed by atoms with Crippen molar-refractivity contribution in [3.05, 3.63) is 18.0 Å². The molecule has 1 aromatic heterocycles. The number of rotatable bonds is 5. The van der Waals surface area contributed by atoms with Crippen molar-refractivity contribution in [3.63, 3.8) is 0 Å². The fraction of sp³-hybridized carbons (Fsp3) is 0.778. The van der Waals surface area contributed by atoms with Crippen LogP contribution in [0.4, 0.5) is 0 Å². The van der Waals surface area contributed by atoms with Crippen molar-refractivity contribution in [3.8, 4) is 0 Å². The first kappa shape index (κ1) is 17.4. The number of ether oxygens (including phenoxy) is 1. The zero-order valence-electron chi connectivity index (χ0n) is 14.7. The summed E-state index contributed by atoms with van der Waals surface area (Å²) < 4.78 is 7.83. The van der Waals surface area contributed by atoms with Gasteiger partial charge in [0.2, 0.25) is 5.91 Å². The van der Waals surface area contributed by atoms with Crippen LogP contribution in [0.3, 0.4) is 0 Å². The van der Waals surface area contributed by atoms with E-state index in [0.29, 0.717) is 6.61 Å². The Morgan fingerprint density at radius 1 is 1.46 bits per heavy atom. The molecule has 3 rings (SSSR count). The van der Waals surface area contributed by atoms with Crippen LogP contribution in [0, 0.1) is 0 Å². The van der Waals surface area contributed by atoms with E-state index >= 15 is 0 Å². The molecular weight excluding hydrogens is 306 g/mol. The van der Waals surface area contributed by atoms with Crippen molar-refractivity contribution in [2.75, 3.05) is 6.61 Å². The maximum Gasteiger partial charge on any atom is 0.223 e. The topological polar surface area (TPSA) is 76.4 Å². The van der Waals surface area contributed by atoms with Crippen LogP contribution in [-0.2, 0) is 9.53 Å². The smallest absolute Gasteiger partial charge is 0.223 e. The Morgan fingerprint density at radius 2 is 2.21 bits per heavy atom. The molecule has 0 spiro atoms. The number of aromatic nitrogens is 2. The molecular formula is C18H29N3O3. The Morgan fingerprint density at radius 3 is 2.92 bits per heavy atom. The predicted molar refractivity (Wildman–Crippen MR) is 90.5 cm³/mol. The lowest BCUT2D eigenvalue weighted by Gasteiger charge is -2.32. The van der Waals surface area contributed by atoms with Gasteiger partial charge in [0, 0.05) is 18.8 Å². The average molecular weight is 335 g/mol. The number of carbonyl (C=O) groups is 1. The molecule has 1 saturated heterocycles. The van der Waals surface area contributed by atoms with Crippen molar-refractivity contribution >= 4 is 5.91 Å². The maximum absolute atomic E-state index is 12.5. The summed E-state index contributed by atoms with van der Waals surface area (Å²) >= 11 is 0. The van der Waals surface area contributed by atoms with E-state index in [1.54, 1.807) is 6.20 Å². The molecule has 24 heavy (non-hydrogen) atoms. The Balaban J connectivity index is 1.63. The van der Waals surface area contributed by atoms with Gasteiger partial charge < -0.3 is 15.2 Å². The van der Waals surface area contributed by atoms with E-state index in [0.717, 1.165) is 44.2 Å². The second kappa shape index (κ2) is 7.23. The fourth-order valence-electron chi connectivity index (χ4n) is 3.95. The third-order valence-corrected chi connectivity index (χ3v) is 5.19. The van der Waals surface area contributed by atoms with Gasteiger partial charge in [-0.1, -0.05) is 19.3 Å². The van der Waals surface area contributed by atoms with Crippen molar-refractivity contribution in [2.45, 2.75) is 82.6 Å². The molecule has 0 bridgehead atoms. The summed E-state index contributed by atoms with van der Waals surface area (Å²) in [6.45, 7) is 4.79. The summed E-state index contributed by atoms with van der Waals surface area (Å²) in [6.07, 6.45) is 7.22. The highest BCUT2D eigenvalue weighted by molar-refractivity contribution is 5.77. The van der Waals surface area contributed by atoms with Crippen LogP contribution in [0.5, 0.6) is 0 Å². The molecule has 1 aliphatic heterocycles. The largest absolute Gasteiger partial charge is 0.389 e. The highest BCUT2D eigenvalue weighted by atomic mass is 16.5. The first-order valence-electron chi connectivity index (χ1n) is 9.15. The SMILES string of the molecule is CC(C)n1nccc1[C@H]1OCC[C@@H]1NC(=O)CC1(O)CCCCC1. The number of carbonyl (C=O) groups excluding carboxylic acids is 1. The lowest BCUT2D eigenvalue weighted by Crippen LogP contribution is -2.43. The average Bonchev–Trinajstić information content (AvgIpc) is 3.15. The van der Waals surface area contributed by atoms with E-state index < -0.39 is 5.60 Å². The normalized spacial score (nSPS) is 26.7. The summed E-state index contributed by atoms with van der Waals surface area (Å²) in [5.74, 6) is -0.0736. The summed E-state index contributed by atoms with van der Waals surface area (Å²) in [5.41, 5.74) is 0.181. The van der Waals surface area contributed by atoms with Crippen LogP contribution in [0.1, 0.15) is 76.6 Å². The summed E-state index contributed by atoms with van der Waals surface area (Å²) in [4.78, 5) is 12.5. The fourth-order valence-corrected chi connectivity index (χ4v) is 3.95.